The second kappa shape index (κ2) is 5.78. The van der Waals surface area contributed by atoms with E-state index >= 15 is 0 Å². The third-order valence-electron chi connectivity index (χ3n) is 2.49. The van der Waals surface area contributed by atoms with E-state index in [9.17, 15) is 4.79 Å². The average Bonchev–Trinajstić information content (AvgIpc) is 2.62. The minimum absolute atomic E-state index is 0.0849. The van der Waals surface area contributed by atoms with Crippen molar-refractivity contribution in [2.45, 2.75) is 12.5 Å². The van der Waals surface area contributed by atoms with Gasteiger partial charge in [-0.1, -0.05) is 6.08 Å². The summed E-state index contributed by atoms with van der Waals surface area (Å²) in [5.74, 6) is 0.0849. The Morgan fingerprint density at radius 3 is 3.07 bits per heavy atom. The van der Waals surface area contributed by atoms with Gasteiger partial charge >= 0.3 is 0 Å². The third kappa shape index (κ3) is 3.47. The number of hydrogen-bond donors (Lipinski definition) is 2. The highest BCUT2D eigenvalue weighted by Crippen LogP contribution is 2.07. The minimum atomic E-state index is 0.0849. The normalized spacial score (nSPS) is 22.2. The van der Waals surface area contributed by atoms with Crippen LogP contribution in [0.2, 0.25) is 0 Å². The molecule has 1 aliphatic heterocycles. The number of nitrogens with one attached hydrogen (secondary N) is 2. The zero-order chi connectivity index (χ0) is 10.4. The van der Waals surface area contributed by atoms with Crippen LogP contribution in [0.15, 0.2) is 12.7 Å². The molecule has 0 radical (unpaired) electrons. The second-order valence-electron chi connectivity index (χ2n) is 3.60. The first-order chi connectivity index (χ1) is 6.76. The van der Waals surface area contributed by atoms with Crippen molar-refractivity contribution in [3.8, 4) is 0 Å². The lowest BCUT2D eigenvalue weighted by molar-refractivity contribution is -0.121. The number of hydrogen-bond acceptors (Lipinski definition) is 3. The standard InChI is InChI=1S/C10H19N3O/c1-3-5-12-10(14)8-13-6-4-9(7-13)11-2/h3,9,11H,1,4-8H2,2H3,(H,12,14). The topological polar surface area (TPSA) is 44.4 Å². The van der Waals surface area contributed by atoms with E-state index in [-0.39, 0.29) is 5.91 Å². The molecule has 1 atom stereocenters. The molecule has 0 aromatic carbocycles. The van der Waals surface area contributed by atoms with Gasteiger partial charge in [0.25, 0.3) is 0 Å². The zero-order valence-electron chi connectivity index (χ0n) is 8.75. The average molecular weight is 197 g/mol. The molecule has 1 unspecified atom stereocenters. The van der Waals surface area contributed by atoms with Gasteiger partial charge in [-0.25, -0.2) is 0 Å². The van der Waals surface area contributed by atoms with Crippen LogP contribution in [0.3, 0.4) is 0 Å². The molecule has 1 amide bonds. The lowest BCUT2D eigenvalue weighted by Crippen LogP contribution is -2.37. The summed E-state index contributed by atoms with van der Waals surface area (Å²) in [5.41, 5.74) is 0. The Balaban J connectivity index is 2.18. The van der Waals surface area contributed by atoms with E-state index in [0.717, 1.165) is 19.5 Å². The first kappa shape index (κ1) is 11.2. The van der Waals surface area contributed by atoms with Gasteiger partial charge in [-0.15, -0.1) is 6.58 Å². The Labute approximate surface area is 85.3 Å². The van der Waals surface area contributed by atoms with Crippen LogP contribution in [0, 0.1) is 0 Å². The molecule has 4 nitrogen and oxygen atoms in total. The quantitative estimate of drug-likeness (QED) is 0.589. The monoisotopic (exact) mass is 197 g/mol. The molecule has 0 bridgehead atoms. The summed E-state index contributed by atoms with van der Waals surface area (Å²) in [5, 5.41) is 5.99. The van der Waals surface area contributed by atoms with Crippen LogP contribution >= 0.6 is 0 Å². The van der Waals surface area contributed by atoms with E-state index in [0.29, 0.717) is 19.1 Å². The predicted molar refractivity (Wildman–Crippen MR) is 57.1 cm³/mol. The summed E-state index contributed by atoms with van der Waals surface area (Å²) in [6, 6.07) is 0.544. The molecule has 1 aliphatic rings. The number of rotatable bonds is 5. The Kier molecular flexibility index (Phi) is 4.62. The number of likely N-dealkylation sites (tertiary alicyclic amines) is 1. The van der Waals surface area contributed by atoms with Gasteiger partial charge in [0.2, 0.25) is 5.91 Å². The lowest BCUT2D eigenvalue weighted by Gasteiger charge is -2.14. The number of carbonyl (C=O) groups is 1. The largest absolute Gasteiger partial charge is 0.352 e. The van der Waals surface area contributed by atoms with E-state index in [1.54, 1.807) is 6.08 Å². The van der Waals surface area contributed by atoms with Crippen molar-refractivity contribution in [3.05, 3.63) is 12.7 Å². The van der Waals surface area contributed by atoms with Crippen molar-refractivity contribution in [2.24, 2.45) is 0 Å². The molecule has 4 heteroatoms. The van der Waals surface area contributed by atoms with Crippen LogP contribution in [-0.4, -0.2) is 50.1 Å². The van der Waals surface area contributed by atoms with Crippen LogP contribution in [-0.2, 0) is 4.79 Å². The van der Waals surface area contributed by atoms with Gasteiger partial charge < -0.3 is 10.6 Å². The summed E-state index contributed by atoms with van der Waals surface area (Å²) in [6.45, 7) is 6.59. The van der Waals surface area contributed by atoms with E-state index in [4.69, 9.17) is 0 Å². The maximum atomic E-state index is 11.3. The second-order valence-corrected chi connectivity index (χ2v) is 3.60. The Morgan fingerprint density at radius 1 is 1.71 bits per heavy atom. The number of likely N-dealkylation sites (N-methyl/N-ethyl adjacent to an activating group) is 1. The van der Waals surface area contributed by atoms with Gasteiger partial charge in [0, 0.05) is 25.7 Å². The summed E-state index contributed by atoms with van der Waals surface area (Å²) < 4.78 is 0. The Hall–Kier alpha value is -0.870. The molecule has 80 valence electrons. The van der Waals surface area contributed by atoms with Crippen LogP contribution < -0.4 is 10.6 Å². The van der Waals surface area contributed by atoms with Gasteiger partial charge in [0.15, 0.2) is 0 Å². The zero-order valence-corrected chi connectivity index (χ0v) is 8.75. The fourth-order valence-electron chi connectivity index (χ4n) is 1.66. The highest BCUT2D eigenvalue weighted by atomic mass is 16.2. The number of nitrogens with zero attached hydrogens (tertiary/aromatic N) is 1. The molecule has 1 fully saturated rings. The van der Waals surface area contributed by atoms with E-state index in [2.05, 4.69) is 22.1 Å². The van der Waals surface area contributed by atoms with Crippen LogP contribution in [0.4, 0.5) is 0 Å². The molecule has 14 heavy (non-hydrogen) atoms. The van der Waals surface area contributed by atoms with Gasteiger partial charge in [-0.3, -0.25) is 9.69 Å². The van der Waals surface area contributed by atoms with Crippen molar-refractivity contribution >= 4 is 5.91 Å². The summed E-state index contributed by atoms with van der Waals surface area (Å²) in [6.07, 6.45) is 2.82. The lowest BCUT2D eigenvalue weighted by atomic mass is 10.3. The fraction of sp³-hybridized carbons (Fsp3) is 0.700. The Morgan fingerprint density at radius 2 is 2.50 bits per heavy atom. The minimum Gasteiger partial charge on any atom is -0.352 e. The first-order valence-electron chi connectivity index (χ1n) is 5.03. The van der Waals surface area contributed by atoms with Crippen molar-refractivity contribution in [2.75, 3.05) is 33.2 Å². The highest BCUT2D eigenvalue weighted by molar-refractivity contribution is 5.78. The van der Waals surface area contributed by atoms with Gasteiger partial charge in [0.05, 0.1) is 6.54 Å². The smallest absolute Gasteiger partial charge is 0.234 e. The molecule has 0 aromatic rings. The SMILES string of the molecule is C=CCNC(=O)CN1CCC(NC)C1. The summed E-state index contributed by atoms with van der Waals surface area (Å²) in [4.78, 5) is 13.5. The van der Waals surface area contributed by atoms with Gasteiger partial charge in [-0.05, 0) is 13.5 Å². The number of amides is 1. The van der Waals surface area contributed by atoms with Crippen LogP contribution in [0.25, 0.3) is 0 Å². The molecule has 0 aromatic heterocycles. The van der Waals surface area contributed by atoms with Crippen molar-refractivity contribution in [1.82, 2.24) is 15.5 Å². The summed E-state index contributed by atoms with van der Waals surface area (Å²) in [7, 11) is 1.96. The van der Waals surface area contributed by atoms with Crippen LogP contribution in [0.5, 0.6) is 0 Å². The van der Waals surface area contributed by atoms with Crippen LogP contribution in [0.1, 0.15) is 6.42 Å². The molecule has 1 heterocycles. The van der Waals surface area contributed by atoms with Gasteiger partial charge in [-0.2, -0.15) is 0 Å². The predicted octanol–water partition coefficient (Wildman–Crippen LogP) is -0.418. The van der Waals surface area contributed by atoms with Crippen molar-refractivity contribution < 1.29 is 4.79 Å². The third-order valence-corrected chi connectivity index (χ3v) is 2.49. The highest BCUT2D eigenvalue weighted by Gasteiger charge is 2.22. The fourth-order valence-corrected chi connectivity index (χ4v) is 1.66. The summed E-state index contributed by atoms with van der Waals surface area (Å²) >= 11 is 0. The van der Waals surface area contributed by atoms with E-state index in [1.807, 2.05) is 7.05 Å². The first-order valence-corrected chi connectivity index (χ1v) is 5.03. The molecule has 1 saturated heterocycles. The van der Waals surface area contributed by atoms with E-state index in [1.165, 1.54) is 0 Å². The van der Waals surface area contributed by atoms with Crippen molar-refractivity contribution in [1.29, 1.82) is 0 Å². The molecule has 2 N–H and O–H groups in total. The molecule has 0 saturated carbocycles. The molecular weight excluding hydrogens is 178 g/mol. The molecule has 0 spiro atoms. The van der Waals surface area contributed by atoms with E-state index < -0.39 is 0 Å². The Bertz CT molecular complexity index is 206. The van der Waals surface area contributed by atoms with Crippen molar-refractivity contribution in [3.63, 3.8) is 0 Å². The molecule has 1 rings (SSSR count). The maximum absolute atomic E-state index is 11.3. The van der Waals surface area contributed by atoms with Gasteiger partial charge in [0.1, 0.15) is 0 Å². The number of carbonyl (C=O) groups excluding carboxylic acids is 1. The molecule has 0 aliphatic carbocycles. The molecular formula is C10H19N3O. The maximum Gasteiger partial charge on any atom is 0.234 e.